The van der Waals surface area contributed by atoms with Crippen LogP contribution in [0.2, 0.25) is 0 Å². The second-order valence-electron chi connectivity index (χ2n) is 4.72. The first-order valence-corrected chi connectivity index (χ1v) is 5.79. The predicted octanol–water partition coefficient (Wildman–Crippen LogP) is 1.04. The number of carbonyl (C=O) groups is 1. The van der Waals surface area contributed by atoms with Crippen molar-refractivity contribution in [2.45, 2.75) is 51.1 Å². The van der Waals surface area contributed by atoms with Crippen LogP contribution >= 0.6 is 0 Å². The van der Waals surface area contributed by atoms with Gasteiger partial charge in [-0.15, -0.1) is 0 Å². The summed E-state index contributed by atoms with van der Waals surface area (Å²) in [5.41, 5.74) is 0. The van der Waals surface area contributed by atoms with E-state index in [4.69, 9.17) is 0 Å². The van der Waals surface area contributed by atoms with Gasteiger partial charge in [0.1, 0.15) is 0 Å². The Bertz CT molecular complexity index is 211. The van der Waals surface area contributed by atoms with Crippen LogP contribution in [-0.2, 0) is 4.79 Å². The van der Waals surface area contributed by atoms with Crippen molar-refractivity contribution >= 4 is 5.91 Å². The van der Waals surface area contributed by atoms with Crippen molar-refractivity contribution in [2.75, 3.05) is 6.54 Å². The first-order chi connectivity index (χ1) is 6.75. The van der Waals surface area contributed by atoms with E-state index >= 15 is 0 Å². The Labute approximate surface area is 85.6 Å². The van der Waals surface area contributed by atoms with Gasteiger partial charge in [-0.25, -0.2) is 0 Å². The Morgan fingerprint density at radius 1 is 1.36 bits per heavy atom. The number of carbonyl (C=O) groups excluding carboxylic acids is 1. The van der Waals surface area contributed by atoms with Crippen LogP contribution < -0.4 is 10.6 Å². The molecule has 1 saturated heterocycles. The van der Waals surface area contributed by atoms with Gasteiger partial charge >= 0.3 is 0 Å². The summed E-state index contributed by atoms with van der Waals surface area (Å²) in [6.45, 7) is 2.76. The average molecular weight is 196 g/mol. The van der Waals surface area contributed by atoms with Crippen LogP contribution in [0.1, 0.15) is 39.0 Å². The van der Waals surface area contributed by atoms with Gasteiger partial charge in [-0.3, -0.25) is 4.79 Å². The molecule has 3 heteroatoms. The summed E-state index contributed by atoms with van der Waals surface area (Å²) in [5, 5.41) is 6.34. The molecule has 1 aliphatic carbocycles. The standard InChI is InChI=1S/C11H20N2O/c1-8-11(14)12-7-10(13-8)6-9-4-2-3-5-9/h8-10,13H,2-7H2,1H3,(H,12,14). The molecule has 2 rings (SSSR count). The predicted molar refractivity (Wildman–Crippen MR) is 56.0 cm³/mol. The van der Waals surface area contributed by atoms with E-state index in [0.29, 0.717) is 6.04 Å². The molecular weight excluding hydrogens is 176 g/mol. The highest BCUT2D eigenvalue weighted by Gasteiger charge is 2.26. The largest absolute Gasteiger partial charge is 0.353 e. The molecule has 3 nitrogen and oxygen atoms in total. The zero-order valence-electron chi connectivity index (χ0n) is 8.88. The molecule has 0 aromatic heterocycles. The van der Waals surface area contributed by atoms with Crippen molar-refractivity contribution in [3.63, 3.8) is 0 Å². The minimum atomic E-state index is -0.00449. The molecule has 2 aliphatic rings. The van der Waals surface area contributed by atoms with Crippen molar-refractivity contribution in [2.24, 2.45) is 5.92 Å². The molecule has 0 aromatic rings. The summed E-state index contributed by atoms with van der Waals surface area (Å²) in [7, 11) is 0. The molecule has 2 atom stereocenters. The quantitative estimate of drug-likeness (QED) is 0.693. The molecule has 2 fully saturated rings. The Morgan fingerprint density at radius 2 is 2.07 bits per heavy atom. The fourth-order valence-corrected chi connectivity index (χ4v) is 2.66. The summed E-state index contributed by atoms with van der Waals surface area (Å²) < 4.78 is 0. The molecule has 0 bridgehead atoms. The molecular formula is C11H20N2O. The lowest BCUT2D eigenvalue weighted by Gasteiger charge is -2.30. The van der Waals surface area contributed by atoms with Gasteiger partial charge in [0.2, 0.25) is 5.91 Å². The van der Waals surface area contributed by atoms with Crippen molar-refractivity contribution in [1.29, 1.82) is 0 Å². The maximum atomic E-state index is 11.2. The number of rotatable bonds is 2. The second kappa shape index (κ2) is 4.30. The topological polar surface area (TPSA) is 41.1 Å². The third-order valence-corrected chi connectivity index (χ3v) is 3.49. The summed E-state index contributed by atoms with van der Waals surface area (Å²) in [5.74, 6) is 1.04. The second-order valence-corrected chi connectivity index (χ2v) is 4.72. The van der Waals surface area contributed by atoms with Crippen molar-refractivity contribution in [3.8, 4) is 0 Å². The van der Waals surface area contributed by atoms with Gasteiger partial charge in [-0.2, -0.15) is 0 Å². The fourth-order valence-electron chi connectivity index (χ4n) is 2.66. The van der Waals surface area contributed by atoms with E-state index in [2.05, 4.69) is 10.6 Å². The van der Waals surface area contributed by atoms with Crippen molar-refractivity contribution < 1.29 is 4.79 Å². The highest BCUT2D eigenvalue weighted by Crippen LogP contribution is 2.28. The monoisotopic (exact) mass is 196 g/mol. The van der Waals surface area contributed by atoms with Gasteiger partial charge in [-0.05, 0) is 19.3 Å². The average Bonchev–Trinajstić information content (AvgIpc) is 2.64. The van der Waals surface area contributed by atoms with E-state index in [1.807, 2.05) is 6.92 Å². The Kier molecular flexibility index (Phi) is 3.06. The lowest BCUT2D eigenvalue weighted by molar-refractivity contribution is -0.124. The summed E-state index contributed by atoms with van der Waals surface area (Å²) in [6, 6.07) is 0.501. The van der Waals surface area contributed by atoms with E-state index in [1.54, 1.807) is 0 Å². The highest BCUT2D eigenvalue weighted by atomic mass is 16.2. The minimum absolute atomic E-state index is 0.00449. The van der Waals surface area contributed by atoms with Gasteiger partial charge in [-0.1, -0.05) is 25.7 Å². The van der Waals surface area contributed by atoms with Gasteiger partial charge < -0.3 is 10.6 Å². The Morgan fingerprint density at radius 3 is 2.71 bits per heavy atom. The minimum Gasteiger partial charge on any atom is -0.353 e. The van der Waals surface area contributed by atoms with E-state index in [0.717, 1.165) is 12.5 Å². The number of hydrogen-bond donors (Lipinski definition) is 2. The molecule has 0 spiro atoms. The van der Waals surface area contributed by atoms with E-state index in [9.17, 15) is 4.79 Å². The Balaban J connectivity index is 1.78. The first kappa shape index (κ1) is 9.97. The fraction of sp³-hybridized carbons (Fsp3) is 0.909. The maximum absolute atomic E-state index is 11.2. The number of hydrogen-bond acceptors (Lipinski definition) is 2. The molecule has 14 heavy (non-hydrogen) atoms. The highest BCUT2D eigenvalue weighted by molar-refractivity contribution is 5.82. The lowest BCUT2D eigenvalue weighted by atomic mass is 9.96. The third-order valence-electron chi connectivity index (χ3n) is 3.49. The van der Waals surface area contributed by atoms with Crippen LogP contribution in [0.25, 0.3) is 0 Å². The van der Waals surface area contributed by atoms with Crippen LogP contribution in [0.4, 0.5) is 0 Å². The first-order valence-electron chi connectivity index (χ1n) is 5.79. The van der Waals surface area contributed by atoms with Gasteiger partial charge in [0.15, 0.2) is 0 Å². The molecule has 2 N–H and O–H groups in total. The van der Waals surface area contributed by atoms with Crippen molar-refractivity contribution in [3.05, 3.63) is 0 Å². The molecule has 1 amide bonds. The van der Waals surface area contributed by atoms with Crippen LogP contribution in [0, 0.1) is 5.92 Å². The van der Waals surface area contributed by atoms with Crippen LogP contribution in [-0.4, -0.2) is 24.5 Å². The summed E-state index contributed by atoms with van der Waals surface area (Å²) in [6.07, 6.45) is 6.82. The van der Waals surface area contributed by atoms with Crippen LogP contribution in [0.5, 0.6) is 0 Å². The normalized spacial score (nSPS) is 34.5. The van der Waals surface area contributed by atoms with E-state index < -0.39 is 0 Å². The van der Waals surface area contributed by atoms with Gasteiger partial charge in [0, 0.05) is 12.6 Å². The molecule has 1 heterocycles. The number of amides is 1. The third kappa shape index (κ3) is 2.27. The van der Waals surface area contributed by atoms with Crippen LogP contribution in [0.3, 0.4) is 0 Å². The summed E-state index contributed by atoms with van der Waals surface area (Å²) in [4.78, 5) is 11.2. The Hall–Kier alpha value is -0.570. The number of piperazine rings is 1. The van der Waals surface area contributed by atoms with E-state index in [1.165, 1.54) is 32.1 Å². The van der Waals surface area contributed by atoms with E-state index in [-0.39, 0.29) is 11.9 Å². The van der Waals surface area contributed by atoms with Crippen molar-refractivity contribution in [1.82, 2.24) is 10.6 Å². The molecule has 0 radical (unpaired) electrons. The lowest BCUT2D eigenvalue weighted by Crippen LogP contribution is -2.57. The molecule has 1 saturated carbocycles. The molecule has 2 unspecified atom stereocenters. The zero-order chi connectivity index (χ0) is 9.97. The van der Waals surface area contributed by atoms with Gasteiger partial charge in [0.25, 0.3) is 0 Å². The number of nitrogens with one attached hydrogen (secondary N) is 2. The molecule has 0 aromatic carbocycles. The molecule has 80 valence electrons. The SMILES string of the molecule is CC1NC(CC2CCCC2)CNC1=O. The maximum Gasteiger partial charge on any atom is 0.236 e. The van der Waals surface area contributed by atoms with Crippen LogP contribution in [0.15, 0.2) is 0 Å². The molecule has 1 aliphatic heterocycles. The smallest absolute Gasteiger partial charge is 0.236 e. The van der Waals surface area contributed by atoms with Gasteiger partial charge in [0.05, 0.1) is 6.04 Å². The zero-order valence-corrected chi connectivity index (χ0v) is 8.88. The summed E-state index contributed by atoms with van der Waals surface area (Å²) >= 11 is 0.